The molecule has 0 amide bonds. The van der Waals surface area contributed by atoms with E-state index in [4.69, 9.17) is 4.74 Å². The molecule has 0 saturated heterocycles. The Morgan fingerprint density at radius 3 is 2.64 bits per heavy atom. The molecule has 156 valence electrons. The predicted molar refractivity (Wildman–Crippen MR) is 124 cm³/mol. The van der Waals surface area contributed by atoms with E-state index in [1.165, 1.54) is 29.1 Å². The molecule has 0 aliphatic heterocycles. The molecule has 0 radical (unpaired) electrons. The fourth-order valence-corrected chi connectivity index (χ4v) is 3.29. The lowest BCUT2D eigenvalue weighted by atomic mass is 10.1. The summed E-state index contributed by atoms with van der Waals surface area (Å²) in [5.74, 6) is 1.32. The minimum Gasteiger partial charge on any atom is -0.491 e. The van der Waals surface area contributed by atoms with Gasteiger partial charge in [-0.3, -0.25) is 4.99 Å². The summed E-state index contributed by atoms with van der Waals surface area (Å²) >= 11 is 1.77. The van der Waals surface area contributed by atoms with Crippen molar-refractivity contribution in [2.45, 2.75) is 26.4 Å². The summed E-state index contributed by atoms with van der Waals surface area (Å²) in [6.07, 6.45) is 0.303. The van der Waals surface area contributed by atoms with Crippen LogP contribution in [0.25, 0.3) is 0 Å². The van der Waals surface area contributed by atoms with Gasteiger partial charge in [0.15, 0.2) is 5.96 Å². The van der Waals surface area contributed by atoms with Crippen molar-refractivity contribution in [1.29, 1.82) is 0 Å². The van der Waals surface area contributed by atoms with Crippen molar-refractivity contribution in [3.05, 3.63) is 52.5 Å². The first-order valence-electron chi connectivity index (χ1n) is 9.17. The van der Waals surface area contributed by atoms with Gasteiger partial charge in [-0.15, -0.1) is 35.3 Å². The van der Waals surface area contributed by atoms with Crippen LogP contribution in [0.4, 0.5) is 4.39 Å². The van der Waals surface area contributed by atoms with Crippen molar-refractivity contribution >= 4 is 41.3 Å². The van der Waals surface area contributed by atoms with Gasteiger partial charge in [0.25, 0.3) is 0 Å². The van der Waals surface area contributed by atoms with Crippen molar-refractivity contribution in [3.63, 3.8) is 0 Å². The Morgan fingerprint density at radius 2 is 2.00 bits per heavy atom. The van der Waals surface area contributed by atoms with Gasteiger partial charge in [-0.25, -0.2) is 4.39 Å². The Balaban J connectivity index is 0.00000392. The third-order valence-electron chi connectivity index (χ3n) is 3.80. The van der Waals surface area contributed by atoms with Crippen LogP contribution in [0.5, 0.6) is 5.75 Å². The number of guanidine groups is 1. The average molecular weight is 521 g/mol. The Bertz CT molecular complexity index is 683. The SMILES string of the molecule is CCNC(=NCC(C)Cc1cccs1)NCC(O)COc1ccc(F)cc1.I. The number of aliphatic hydroxyl groups excluding tert-OH is 1. The van der Waals surface area contributed by atoms with Gasteiger partial charge in [0.2, 0.25) is 0 Å². The van der Waals surface area contributed by atoms with Crippen LogP contribution >= 0.6 is 35.3 Å². The molecule has 0 saturated carbocycles. The van der Waals surface area contributed by atoms with Crippen LogP contribution < -0.4 is 15.4 Å². The van der Waals surface area contributed by atoms with Crippen molar-refractivity contribution in [2.75, 3.05) is 26.2 Å². The highest BCUT2D eigenvalue weighted by molar-refractivity contribution is 14.0. The fourth-order valence-electron chi connectivity index (χ4n) is 2.42. The standard InChI is InChI=1S/C20H28FN3O2S.HI/c1-3-22-20(23-12-15(2)11-19-5-4-10-27-19)24-13-17(25)14-26-18-8-6-16(21)7-9-18;/h4-10,15,17,25H,3,11-14H2,1-2H3,(H2,22,23,24);1H. The summed E-state index contributed by atoms with van der Waals surface area (Å²) < 4.78 is 18.3. The van der Waals surface area contributed by atoms with Crippen LogP contribution in [-0.4, -0.2) is 43.4 Å². The lowest BCUT2D eigenvalue weighted by molar-refractivity contribution is 0.110. The van der Waals surface area contributed by atoms with Gasteiger partial charge in [0, 0.05) is 24.5 Å². The summed E-state index contributed by atoms with van der Waals surface area (Å²) in [7, 11) is 0. The molecule has 0 aliphatic rings. The van der Waals surface area contributed by atoms with Gasteiger partial charge in [-0.2, -0.15) is 0 Å². The molecule has 1 aromatic carbocycles. The molecule has 1 aromatic heterocycles. The van der Waals surface area contributed by atoms with Crippen molar-refractivity contribution in [2.24, 2.45) is 10.9 Å². The average Bonchev–Trinajstić information content (AvgIpc) is 3.16. The van der Waals surface area contributed by atoms with Crippen molar-refractivity contribution in [3.8, 4) is 5.75 Å². The van der Waals surface area contributed by atoms with Gasteiger partial charge < -0.3 is 20.5 Å². The number of ether oxygens (including phenoxy) is 1. The molecule has 2 unspecified atom stereocenters. The molecule has 3 N–H and O–H groups in total. The topological polar surface area (TPSA) is 65.9 Å². The number of nitrogens with one attached hydrogen (secondary N) is 2. The van der Waals surface area contributed by atoms with Crippen LogP contribution in [0.15, 0.2) is 46.8 Å². The minimum absolute atomic E-state index is 0. The first kappa shape index (κ1) is 24.6. The van der Waals surface area contributed by atoms with Crippen molar-refractivity contribution in [1.82, 2.24) is 10.6 Å². The lowest BCUT2D eigenvalue weighted by Crippen LogP contribution is -2.42. The normalized spacial score (nSPS) is 13.4. The van der Waals surface area contributed by atoms with E-state index < -0.39 is 6.10 Å². The molecule has 0 aliphatic carbocycles. The summed E-state index contributed by atoms with van der Waals surface area (Å²) in [5.41, 5.74) is 0. The first-order chi connectivity index (χ1) is 13.1. The monoisotopic (exact) mass is 521 g/mol. The van der Waals surface area contributed by atoms with E-state index in [0.29, 0.717) is 30.7 Å². The van der Waals surface area contributed by atoms with Gasteiger partial charge in [0.1, 0.15) is 24.3 Å². The fraction of sp³-hybridized carbons (Fsp3) is 0.450. The molecule has 2 atom stereocenters. The zero-order chi connectivity index (χ0) is 19.5. The molecular weight excluding hydrogens is 492 g/mol. The molecule has 2 aromatic rings. The summed E-state index contributed by atoms with van der Waals surface area (Å²) in [4.78, 5) is 5.96. The number of aliphatic hydroxyl groups is 1. The van der Waals surface area contributed by atoms with Gasteiger partial charge in [-0.05, 0) is 55.0 Å². The van der Waals surface area contributed by atoms with E-state index >= 15 is 0 Å². The molecular formula is C20H29FIN3O2S. The maximum atomic E-state index is 12.9. The maximum Gasteiger partial charge on any atom is 0.191 e. The Kier molecular flexibility index (Phi) is 12.1. The second kappa shape index (κ2) is 13.7. The van der Waals surface area contributed by atoms with Gasteiger partial charge >= 0.3 is 0 Å². The third kappa shape index (κ3) is 9.70. The van der Waals surface area contributed by atoms with E-state index in [-0.39, 0.29) is 36.4 Å². The lowest BCUT2D eigenvalue weighted by Gasteiger charge is -2.16. The number of halogens is 2. The van der Waals surface area contributed by atoms with E-state index in [2.05, 4.69) is 40.1 Å². The van der Waals surface area contributed by atoms with E-state index in [0.717, 1.165) is 13.0 Å². The number of aliphatic imine (C=N–C) groups is 1. The summed E-state index contributed by atoms with van der Waals surface area (Å²) in [6, 6.07) is 9.94. The summed E-state index contributed by atoms with van der Waals surface area (Å²) in [6.45, 7) is 6.06. The maximum absolute atomic E-state index is 12.9. The summed E-state index contributed by atoms with van der Waals surface area (Å²) in [5, 5.41) is 18.5. The highest BCUT2D eigenvalue weighted by atomic mass is 127. The molecule has 0 fully saturated rings. The van der Waals surface area contributed by atoms with Crippen molar-refractivity contribution < 1.29 is 14.2 Å². The smallest absolute Gasteiger partial charge is 0.191 e. The first-order valence-corrected chi connectivity index (χ1v) is 10.1. The molecule has 8 heteroatoms. The molecule has 5 nitrogen and oxygen atoms in total. The zero-order valence-electron chi connectivity index (χ0n) is 16.2. The molecule has 0 bridgehead atoms. The van der Waals surface area contributed by atoms with E-state index in [1.807, 2.05) is 6.92 Å². The van der Waals surface area contributed by atoms with Crippen LogP contribution in [0.1, 0.15) is 18.7 Å². The molecule has 1 heterocycles. The zero-order valence-corrected chi connectivity index (χ0v) is 19.4. The molecule has 28 heavy (non-hydrogen) atoms. The Hall–Kier alpha value is -1.39. The number of hydrogen-bond donors (Lipinski definition) is 3. The number of benzene rings is 1. The largest absolute Gasteiger partial charge is 0.491 e. The van der Waals surface area contributed by atoms with Crippen LogP contribution in [-0.2, 0) is 6.42 Å². The quantitative estimate of drug-likeness (QED) is 0.254. The van der Waals surface area contributed by atoms with Crippen LogP contribution in [0.2, 0.25) is 0 Å². The number of rotatable bonds is 10. The molecule has 0 spiro atoms. The second-order valence-electron chi connectivity index (χ2n) is 6.41. The Morgan fingerprint density at radius 1 is 1.25 bits per heavy atom. The highest BCUT2D eigenvalue weighted by Crippen LogP contribution is 2.14. The van der Waals surface area contributed by atoms with Gasteiger partial charge in [0.05, 0.1) is 0 Å². The number of nitrogens with zero attached hydrogens (tertiary/aromatic N) is 1. The minimum atomic E-state index is -0.706. The van der Waals surface area contributed by atoms with Gasteiger partial charge in [-0.1, -0.05) is 13.0 Å². The Labute approximate surface area is 187 Å². The second-order valence-corrected chi connectivity index (χ2v) is 7.44. The number of thiophene rings is 1. The van der Waals surface area contributed by atoms with E-state index in [9.17, 15) is 9.50 Å². The predicted octanol–water partition coefficient (Wildman–Crippen LogP) is 3.68. The van der Waals surface area contributed by atoms with Crippen LogP contribution in [0.3, 0.4) is 0 Å². The third-order valence-corrected chi connectivity index (χ3v) is 4.69. The van der Waals surface area contributed by atoms with E-state index in [1.54, 1.807) is 11.3 Å². The highest BCUT2D eigenvalue weighted by Gasteiger charge is 2.08. The molecule has 2 rings (SSSR count). The number of hydrogen-bond acceptors (Lipinski definition) is 4. The van der Waals surface area contributed by atoms with Crippen LogP contribution in [0, 0.1) is 11.7 Å².